The van der Waals surface area contributed by atoms with Crippen molar-refractivity contribution >= 4 is 29.2 Å². The van der Waals surface area contributed by atoms with Crippen LogP contribution < -0.4 is 4.73 Å². The first-order valence-electron chi connectivity index (χ1n) is 11.0. The van der Waals surface area contributed by atoms with Gasteiger partial charge in [0.25, 0.3) is 0 Å². The minimum absolute atomic E-state index is 0.0517. The predicted octanol–water partition coefficient (Wildman–Crippen LogP) is 5.13. The Bertz CT molecular complexity index is 769. The zero-order valence-corrected chi connectivity index (χ0v) is 18.5. The van der Waals surface area contributed by atoms with E-state index in [9.17, 15) is 14.8 Å². The van der Waals surface area contributed by atoms with Gasteiger partial charge in [0, 0.05) is 32.3 Å². The average Bonchev–Trinajstić information content (AvgIpc) is 3.31. The van der Waals surface area contributed by atoms with Gasteiger partial charge in [0.15, 0.2) is 0 Å². The van der Waals surface area contributed by atoms with Gasteiger partial charge in [-0.1, -0.05) is 36.2 Å². The molecule has 0 radical (unpaired) electrons. The molecule has 1 saturated heterocycles. The van der Waals surface area contributed by atoms with Gasteiger partial charge < -0.3 is 9.94 Å². The van der Waals surface area contributed by atoms with Gasteiger partial charge in [0.1, 0.15) is 5.78 Å². The molecule has 2 heterocycles. The first kappa shape index (κ1) is 22.0. The van der Waals surface area contributed by atoms with E-state index in [2.05, 4.69) is 6.92 Å². The Morgan fingerprint density at radius 3 is 2.72 bits per heavy atom. The molecule has 0 amide bonds. The number of fused-ring (bicyclic) bond motifs is 1. The number of ether oxygens (including phenoxy) is 1. The maximum absolute atomic E-state index is 12.2. The fourth-order valence-corrected chi connectivity index (χ4v) is 5.32. The second-order valence-electron chi connectivity index (χ2n) is 8.67. The van der Waals surface area contributed by atoms with Gasteiger partial charge in [-0.05, 0) is 50.4 Å². The summed E-state index contributed by atoms with van der Waals surface area (Å²) in [4.78, 5) is 23.9. The van der Waals surface area contributed by atoms with Gasteiger partial charge in [0.05, 0.1) is 12.0 Å². The summed E-state index contributed by atoms with van der Waals surface area (Å²) in [5.74, 6) is 0.655. The maximum Gasteiger partial charge on any atom is 0.305 e. The number of allylic oxidation sites excluding steroid dienone is 1. The van der Waals surface area contributed by atoms with Crippen LogP contribution in [0, 0.1) is 23.5 Å². The number of carbonyl (C=O) groups excluding carboxylic acids is 2. The highest BCUT2D eigenvalue weighted by molar-refractivity contribution is 7.09. The first-order valence-corrected chi connectivity index (χ1v) is 11.8. The molecule has 0 aromatic carbocycles. The molecule has 2 fully saturated rings. The van der Waals surface area contributed by atoms with Crippen LogP contribution in [0.4, 0.5) is 0 Å². The smallest absolute Gasteiger partial charge is 0.305 e. The van der Waals surface area contributed by atoms with Crippen molar-refractivity contribution in [1.82, 2.24) is 0 Å². The lowest BCUT2D eigenvalue weighted by Crippen LogP contribution is -2.29. The molecular weight excluding hydrogens is 386 g/mol. The van der Waals surface area contributed by atoms with Crippen molar-refractivity contribution in [2.75, 3.05) is 6.61 Å². The lowest BCUT2D eigenvalue weighted by Gasteiger charge is -2.19. The van der Waals surface area contributed by atoms with Crippen LogP contribution in [0.25, 0.3) is 6.08 Å². The number of cyclic esters (lactones) is 1. The van der Waals surface area contributed by atoms with Gasteiger partial charge in [-0.15, -0.1) is 0 Å². The Kier molecular flexibility index (Phi) is 7.49. The minimum Gasteiger partial charge on any atom is -0.617 e. The van der Waals surface area contributed by atoms with E-state index in [0.29, 0.717) is 43.9 Å². The number of esters is 1. The summed E-state index contributed by atoms with van der Waals surface area (Å²) in [7, 11) is 0. The Morgan fingerprint density at radius 1 is 1.21 bits per heavy atom. The van der Waals surface area contributed by atoms with E-state index in [0.717, 1.165) is 41.8 Å². The van der Waals surface area contributed by atoms with Crippen molar-refractivity contribution in [3.63, 3.8) is 0 Å². The second kappa shape index (κ2) is 9.88. The van der Waals surface area contributed by atoms with Crippen molar-refractivity contribution in [3.05, 3.63) is 26.9 Å². The Hall–Kier alpha value is -1.69. The zero-order chi connectivity index (χ0) is 20.9. The first-order chi connectivity index (χ1) is 13.9. The molecule has 5 nitrogen and oxygen atoms in total. The number of carbonyl (C=O) groups is 2. The van der Waals surface area contributed by atoms with Crippen LogP contribution in [0.5, 0.6) is 0 Å². The number of hydrogen-bond acceptors (Lipinski definition) is 5. The van der Waals surface area contributed by atoms with E-state index in [-0.39, 0.29) is 17.2 Å². The molecule has 1 aliphatic heterocycles. The quantitative estimate of drug-likeness (QED) is 0.379. The van der Waals surface area contributed by atoms with E-state index in [4.69, 9.17) is 4.74 Å². The summed E-state index contributed by atoms with van der Waals surface area (Å²) in [6.45, 7) is 4.37. The molecule has 0 bridgehead atoms. The molecule has 0 N–H and O–H groups in total. The molecule has 2 atom stereocenters. The van der Waals surface area contributed by atoms with Crippen LogP contribution in [0.3, 0.4) is 0 Å². The van der Waals surface area contributed by atoms with Crippen LogP contribution in [0.15, 0.2) is 11.0 Å². The Morgan fingerprint density at radius 2 is 1.97 bits per heavy atom. The summed E-state index contributed by atoms with van der Waals surface area (Å²) in [6.07, 6.45) is 11.5. The third-order valence-corrected chi connectivity index (χ3v) is 7.52. The van der Waals surface area contributed by atoms with Crippen molar-refractivity contribution in [3.8, 4) is 0 Å². The van der Waals surface area contributed by atoms with Gasteiger partial charge in [-0.2, -0.15) is 4.73 Å². The summed E-state index contributed by atoms with van der Waals surface area (Å²) in [5.41, 5.74) is 1.99. The van der Waals surface area contributed by atoms with E-state index < -0.39 is 0 Å². The summed E-state index contributed by atoms with van der Waals surface area (Å²) >= 11 is 1.47. The van der Waals surface area contributed by atoms with Crippen molar-refractivity contribution in [2.45, 2.75) is 84.5 Å². The lowest BCUT2D eigenvalue weighted by molar-refractivity contribution is -0.608. The van der Waals surface area contributed by atoms with Crippen LogP contribution in [-0.2, 0) is 14.3 Å². The van der Waals surface area contributed by atoms with Crippen LogP contribution in [0.1, 0.15) is 88.3 Å². The molecule has 29 heavy (non-hydrogen) atoms. The molecular formula is C23H33NO4S. The molecule has 2 aliphatic rings. The highest BCUT2D eigenvalue weighted by atomic mass is 32.1. The molecule has 1 aromatic heterocycles. The van der Waals surface area contributed by atoms with Gasteiger partial charge >= 0.3 is 5.97 Å². The molecule has 2 unspecified atom stereocenters. The molecule has 1 aromatic rings. The summed E-state index contributed by atoms with van der Waals surface area (Å²) in [6, 6.07) is 0. The molecule has 1 aliphatic carbocycles. The van der Waals surface area contributed by atoms with Gasteiger partial charge in [0.2, 0.25) is 10.7 Å². The second-order valence-corrected chi connectivity index (χ2v) is 9.74. The van der Waals surface area contributed by atoms with Crippen molar-refractivity contribution < 1.29 is 19.1 Å². The number of rotatable bonds is 2. The fraction of sp³-hybridized carbons (Fsp3) is 0.696. The minimum atomic E-state index is -0.204. The van der Waals surface area contributed by atoms with Crippen LogP contribution in [-0.4, -0.2) is 18.4 Å². The zero-order valence-electron chi connectivity index (χ0n) is 17.7. The molecule has 6 heteroatoms. The third-order valence-electron chi connectivity index (χ3n) is 6.66. The van der Waals surface area contributed by atoms with E-state index in [1.165, 1.54) is 29.8 Å². The van der Waals surface area contributed by atoms with E-state index in [1.807, 2.05) is 18.4 Å². The maximum atomic E-state index is 12.2. The van der Waals surface area contributed by atoms with E-state index in [1.54, 1.807) is 0 Å². The number of thiazole rings is 1. The topological polar surface area (TPSA) is 70.3 Å². The number of ketones is 1. The Balaban J connectivity index is 1.68. The van der Waals surface area contributed by atoms with Crippen LogP contribution >= 0.6 is 11.3 Å². The standard InChI is InChI=1S/C23H33NO4S/c1-17(14-20-16-29-18(2)24(20)27)23-12-13-28-22(26)11-7-10-21(25)9-6-4-3-5-8-19(23)15-23/h14,16,19H,3-13,15H2,1-2H3. The molecule has 160 valence electrons. The summed E-state index contributed by atoms with van der Waals surface area (Å²) in [5, 5.41) is 14.9. The van der Waals surface area contributed by atoms with Crippen molar-refractivity contribution in [2.24, 2.45) is 11.3 Å². The summed E-state index contributed by atoms with van der Waals surface area (Å²) < 4.78 is 6.49. The number of Topliss-reactive ketones (excluding diaryl/α,β-unsaturated/α-hetero) is 1. The number of aromatic nitrogens is 1. The number of hydrogen-bond donors (Lipinski definition) is 0. The van der Waals surface area contributed by atoms with Gasteiger partial charge in [-0.3, -0.25) is 9.59 Å². The molecule has 3 rings (SSSR count). The van der Waals surface area contributed by atoms with E-state index >= 15 is 0 Å². The Labute approximate surface area is 177 Å². The number of nitrogens with zero attached hydrogens (tertiary/aromatic N) is 1. The number of aryl methyl sites for hydroxylation is 1. The predicted molar refractivity (Wildman–Crippen MR) is 114 cm³/mol. The van der Waals surface area contributed by atoms with Gasteiger partial charge in [-0.25, -0.2) is 0 Å². The highest BCUT2D eigenvalue weighted by Crippen LogP contribution is 2.62. The largest absolute Gasteiger partial charge is 0.617 e. The molecule has 0 spiro atoms. The average molecular weight is 420 g/mol. The highest BCUT2D eigenvalue weighted by Gasteiger charge is 2.54. The lowest BCUT2D eigenvalue weighted by atomic mass is 9.88. The normalized spacial score (nSPS) is 27.9. The monoisotopic (exact) mass is 419 g/mol. The van der Waals surface area contributed by atoms with Crippen LogP contribution in [0.2, 0.25) is 0 Å². The molecule has 1 saturated carbocycles. The SMILES string of the molecule is CC(=Cc1csc(C)[n+]1[O-])C12CCOC(=O)CCCC(=O)CCCCCCC1C2. The third kappa shape index (κ3) is 5.68. The fourth-order valence-electron chi connectivity index (χ4n) is 4.67. The van der Waals surface area contributed by atoms with Crippen molar-refractivity contribution in [1.29, 1.82) is 0 Å².